The summed E-state index contributed by atoms with van der Waals surface area (Å²) in [5.41, 5.74) is 1.23. The topological polar surface area (TPSA) is 17.1 Å². The Balaban J connectivity index is 2.79. The summed E-state index contributed by atoms with van der Waals surface area (Å²) in [6.45, 7) is 8.47. The zero-order chi connectivity index (χ0) is 10.1. The predicted octanol–water partition coefficient (Wildman–Crippen LogP) is 3.35. The van der Waals surface area contributed by atoms with Crippen molar-refractivity contribution in [2.75, 3.05) is 0 Å². The molecular formula is C12H20O. The maximum Gasteiger partial charge on any atom is 0.143 e. The summed E-state index contributed by atoms with van der Waals surface area (Å²) in [5.74, 6) is 0.842. The number of rotatable bonds is 2. The van der Waals surface area contributed by atoms with Crippen molar-refractivity contribution in [1.29, 1.82) is 0 Å². The van der Waals surface area contributed by atoms with Crippen molar-refractivity contribution in [1.82, 2.24) is 0 Å². The van der Waals surface area contributed by atoms with Crippen LogP contribution in [-0.4, -0.2) is 5.78 Å². The molecule has 1 aliphatic carbocycles. The minimum absolute atomic E-state index is 0.125. The summed E-state index contributed by atoms with van der Waals surface area (Å²) in [6.07, 6.45) is 5.24. The van der Waals surface area contributed by atoms with Crippen LogP contribution < -0.4 is 0 Å². The molecule has 0 aromatic heterocycles. The minimum Gasteiger partial charge on any atom is -0.299 e. The third-order valence-electron chi connectivity index (χ3n) is 3.42. The van der Waals surface area contributed by atoms with E-state index in [2.05, 4.69) is 33.8 Å². The van der Waals surface area contributed by atoms with E-state index in [-0.39, 0.29) is 5.41 Å². The molecule has 0 heterocycles. The van der Waals surface area contributed by atoms with E-state index in [1.165, 1.54) is 12.0 Å². The number of hydrogen-bond acceptors (Lipinski definition) is 1. The van der Waals surface area contributed by atoms with Gasteiger partial charge in [-0.2, -0.15) is 0 Å². The Kier molecular flexibility index (Phi) is 2.94. The molecule has 13 heavy (non-hydrogen) atoms. The lowest BCUT2D eigenvalue weighted by Crippen LogP contribution is -2.23. The highest BCUT2D eigenvalue weighted by atomic mass is 16.1. The molecular weight excluding hydrogens is 160 g/mol. The first-order valence-corrected chi connectivity index (χ1v) is 5.22. The molecule has 1 rings (SSSR count). The van der Waals surface area contributed by atoms with Gasteiger partial charge < -0.3 is 0 Å². The maximum atomic E-state index is 11.6. The van der Waals surface area contributed by atoms with Gasteiger partial charge in [0.05, 0.1) is 0 Å². The highest BCUT2D eigenvalue weighted by Gasteiger charge is 2.41. The van der Waals surface area contributed by atoms with Gasteiger partial charge in [-0.25, -0.2) is 0 Å². The van der Waals surface area contributed by atoms with Crippen molar-refractivity contribution < 1.29 is 4.79 Å². The zero-order valence-corrected chi connectivity index (χ0v) is 9.18. The van der Waals surface area contributed by atoms with Crippen LogP contribution in [0.15, 0.2) is 11.6 Å². The Morgan fingerprint density at radius 1 is 1.54 bits per heavy atom. The lowest BCUT2D eigenvalue weighted by Gasteiger charge is -2.21. The highest BCUT2D eigenvalue weighted by molar-refractivity contribution is 5.90. The smallest absolute Gasteiger partial charge is 0.143 e. The zero-order valence-electron chi connectivity index (χ0n) is 9.18. The van der Waals surface area contributed by atoms with E-state index in [4.69, 9.17) is 0 Å². The molecule has 1 nitrogen and oxygen atoms in total. The number of Topliss-reactive ketones (excluding diaryl/α,β-unsaturated/α-hetero) is 1. The monoisotopic (exact) mass is 180 g/mol. The standard InChI is InChI=1S/C12H20O/c1-5-6-7-10-8-11(13)12(3,4)9(10)2/h7,9H,5-6,8H2,1-4H3. The SMILES string of the molecule is CCCC=C1CC(=O)C(C)(C)C1C. The van der Waals surface area contributed by atoms with Crippen molar-refractivity contribution in [3.63, 3.8) is 0 Å². The number of carbonyl (C=O) groups is 1. The first-order chi connectivity index (χ1) is 6.00. The molecule has 1 unspecified atom stereocenters. The second-order valence-corrected chi connectivity index (χ2v) is 4.61. The second kappa shape index (κ2) is 3.65. The average Bonchev–Trinajstić information content (AvgIpc) is 2.26. The number of unbranched alkanes of at least 4 members (excludes halogenated alkanes) is 1. The van der Waals surface area contributed by atoms with Crippen molar-refractivity contribution in [3.05, 3.63) is 11.6 Å². The summed E-state index contributed by atoms with van der Waals surface area (Å²) in [6, 6.07) is 0. The summed E-state index contributed by atoms with van der Waals surface area (Å²) < 4.78 is 0. The molecule has 0 aromatic carbocycles. The van der Waals surface area contributed by atoms with E-state index in [9.17, 15) is 4.79 Å². The van der Waals surface area contributed by atoms with Crippen molar-refractivity contribution in [2.45, 2.75) is 47.0 Å². The summed E-state index contributed by atoms with van der Waals surface area (Å²) in [7, 11) is 0. The molecule has 74 valence electrons. The highest BCUT2D eigenvalue weighted by Crippen LogP contribution is 2.43. The van der Waals surface area contributed by atoms with E-state index in [0.29, 0.717) is 18.1 Å². The van der Waals surface area contributed by atoms with Crippen LogP contribution in [0.2, 0.25) is 0 Å². The van der Waals surface area contributed by atoms with Crippen LogP contribution in [0.25, 0.3) is 0 Å². The fourth-order valence-corrected chi connectivity index (χ4v) is 1.85. The number of ketones is 1. The maximum absolute atomic E-state index is 11.6. The predicted molar refractivity (Wildman–Crippen MR) is 55.6 cm³/mol. The Labute approximate surface area is 81.2 Å². The minimum atomic E-state index is -0.125. The Morgan fingerprint density at radius 3 is 2.54 bits per heavy atom. The van der Waals surface area contributed by atoms with Gasteiger partial charge in [0.25, 0.3) is 0 Å². The normalized spacial score (nSPS) is 30.0. The molecule has 0 saturated heterocycles. The molecule has 0 spiro atoms. The second-order valence-electron chi connectivity index (χ2n) is 4.61. The quantitative estimate of drug-likeness (QED) is 0.596. The van der Waals surface area contributed by atoms with Gasteiger partial charge in [0, 0.05) is 11.8 Å². The lowest BCUT2D eigenvalue weighted by atomic mass is 9.81. The van der Waals surface area contributed by atoms with Crippen LogP contribution in [-0.2, 0) is 4.79 Å². The van der Waals surface area contributed by atoms with Gasteiger partial charge in [0.2, 0.25) is 0 Å². The van der Waals surface area contributed by atoms with Gasteiger partial charge in [-0.05, 0) is 12.3 Å². The van der Waals surface area contributed by atoms with Gasteiger partial charge in [0.15, 0.2) is 0 Å². The first-order valence-electron chi connectivity index (χ1n) is 5.22. The van der Waals surface area contributed by atoms with Gasteiger partial charge in [-0.3, -0.25) is 4.79 Å². The van der Waals surface area contributed by atoms with Crippen molar-refractivity contribution in [2.24, 2.45) is 11.3 Å². The molecule has 1 fully saturated rings. The molecule has 1 saturated carbocycles. The molecule has 0 amide bonds. The van der Waals surface area contributed by atoms with Crippen LogP contribution in [0.4, 0.5) is 0 Å². The molecule has 1 heteroatoms. The number of carbonyl (C=O) groups excluding carboxylic acids is 1. The van der Waals surface area contributed by atoms with Crippen LogP contribution in [0.5, 0.6) is 0 Å². The van der Waals surface area contributed by atoms with Crippen molar-refractivity contribution in [3.8, 4) is 0 Å². The average molecular weight is 180 g/mol. The first kappa shape index (κ1) is 10.5. The molecule has 0 aromatic rings. The Morgan fingerprint density at radius 2 is 2.15 bits per heavy atom. The summed E-state index contributed by atoms with van der Waals surface area (Å²) in [4.78, 5) is 11.6. The van der Waals surface area contributed by atoms with Crippen molar-refractivity contribution >= 4 is 5.78 Å². The van der Waals surface area contributed by atoms with Gasteiger partial charge in [-0.1, -0.05) is 45.8 Å². The Hall–Kier alpha value is -0.590. The molecule has 0 aliphatic heterocycles. The van der Waals surface area contributed by atoms with E-state index < -0.39 is 0 Å². The fraction of sp³-hybridized carbons (Fsp3) is 0.750. The Bertz CT molecular complexity index is 236. The molecule has 0 radical (unpaired) electrons. The molecule has 1 atom stereocenters. The number of hydrogen-bond donors (Lipinski definition) is 0. The summed E-state index contributed by atoms with van der Waals surface area (Å²) >= 11 is 0. The number of allylic oxidation sites excluding steroid dienone is 2. The van der Waals surface area contributed by atoms with Crippen LogP contribution >= 0.6 is 0 Å². The van der Waals surface area contributed by atoms with Crippen LogP contribution in [0, 0.1) is 11.3 Å². The van der Waals surface area contributed by atoms with E-state index in [1.54, 1.807) is 0 Å². The third-order valence-corrected chi connectivity index (χ3v) is 3.42. The van der Waals surface area contributed by atoms with Crippen LogP contribution in [0.1, 0.15) is 47.0 Å². The largest absolute Gasteiger partial charge is 0.299 e. The third kappa shape index (κ3) is 1.84. The van der Waals surface area contributed by atoms with Gasteiger partial charge in [-0.15, -0.1) is 0 Å². The summed E-state index contributed by atoms with van der Waals surface area (Å²) in [5, 5.41) is 0. The lowest BCUT2D eigenvalue weighted by molar-refractivity contribution is -0.125. The van der Waals surface area contributed by atoms with Gasteiger partial charge >= 0.3 is 0 Å². The molecule has 0 bridgehead atoms. The van der Waals surface area contributed by atoms with Gasteiger partial charge in [0.1, 0.15) is 5.78 Å². The fourth-order valence-electron chi connectivity index (χ4n) is 1.85. The molecule has 1 aliphatic rings. The van der Waals surface area contributed by atoms with E-state index >= 15 is 0 Å². The van der Waals surface area contributed by atoms with E-state index in [1.807, 2.05) is 0 Å². The van der Waals surface area contributed by atoms with E-state index in [0.717, 1.165) is 6.42 Å². The van der Waals surface area contributed by atoms with Crippen LogP contribution in [0.3, 0.4) is 0 Å². The molecule has 0 N–H and O–H groups in total.